The third-order valence-corrected chi connectivity index (χ3v) is 5.12. The van der Waals surface area contributed by atoms with Crippen LogP contribution in [-0.2, 0) is 0 Å². The number of nitrogens with one attached hydrogen (secondary N) is 1. The lowest BCUT2D eigenvalue weighted by Gasteiger charge is -2.08. The highest BCUT2D eigenvalue weighted by Crippen LogP contribution is 2.28. The predicted molar refractivity (Wildman–Crippen MR) is 88.6 cm³/mol. The summed E-state index contributed by atoms with van der Waals surface area (Å²) in [4.78, 5) is 15.8. The standard InChI is InChI=1S/C12H5ClN4OS3/c13-5-1-2-6-8(16-21-15-6)9(5)17-11(18)10-7(3-4-20-10)14-12(17)19/h1-4H,(H,14,19). The number of aromatic amines is 1. The van der Waals surface area contributed by atoms with Crippen molar-refractivity contribution in [2.75, 3.05) is 0 Å². The van der Waals surface area contributed by atoms with Crippen LogP contribution in [0.15, 0.2) is 28.4 Å². The van der Waals surface area contributed by atoms with Gasteiger partial charge in [0.2, 0.25) is 0 Å². The van der Waals surface area contributed by atoms with Crippen molar-refractivity contribution >= 4 is 68.1 Å². The molecule has 3 heterocycles. The van der Waals surface area contributed by atoms with E-state index in [0.717, 1.165) is 17.2 Å². The first-order valence-corrected chi connectivity index (χ1v) is 8.20. The molecule has 0 unspecified atom stereocenters. The Hall–Kier alpha value is -1.61. The van der Waals surface area contributed by atoms with E-state index in [-0.39, 0.29) is 10.3 Å². The number of fused-ring (bicyclic) bond motifs is 2. The molecule has 0 aliphatic rings. The van der Waals surface area contributed by atoms with Crippen LogP contribution >= 0.6 is 46.9 Å². The summed E-state index contributed by atoms with van der Waals surface area (Å²) < 4.78 is 10.7. The molecule has 9 heteroatoms. The van der Waals surface area contributed by atoms with Gasteiger partial charge < -0.3 is 4.98 Å². The van der Waals surface area contributed by atoms with E-state index in [4.69, 9.17) is 23.8 Å². The normalized spacial score (nSPS) is 11.5. The molecule has 3 aromatic heterocycles. The summed E-state index contributed by atoms with van der Waals surface area (Å²) in [5.41, 5.74) is 2.26. The highest BCUT2D eigenvalue weighted by molar-refractivity contribution is 7.71. The highest BCUT2D eigenvalue weighted by atomic mass is 35.5. The fourth-order valence-electron chi connectivity index (χ4n) is 2.17. The van der Waals surface area contributed by atoms with Crippen LogP contribution in [0.5, 0.6) is 0 Å². The maximum atomic E-state index is 12.7. The van der Waals surface area contributed by atoms with Crippen molar-refractivity contribution in [1.82, 2.24) is 18.3 Å². The van der Waals surface area contributed by atoms with Crippen LogP contribution in [0, 0.1) is 4.77 Å². The van der Waals surface area contributed by atoms with Gasteiger partial charge in [-0.3, -0.25) is 4.79 Å². The summed E-state index contributed by atoms with van der Waals surface area (Å²) in [5, 5.41) is 2.25. The number of halogens is 1. The van der Waals surface area contributed by atoms with Crippen LogP contribution < -0.4 is 5.56 Å². The van der Waals surface area contributed by atoms with Gasteiger partial charge in [0.05, 0.1) is 28.0 Å². The van der Waals surface area contributed by atoms with E-state index in [2.05, 4.69) is 13.7 Å². The first-order chi connectivity index (χ1) is 10.2. The maximum absolute atomic E-state index is 12.7. The van der Waals surface area contributed by atoms with E-state index >= 15 is 0 Å². The molecular weight excluding hydrogens is 348 g/mol. The van der Waals surface area contributed by atoms with E-state index in [0.29, 0.717) is 26.4 Å². The van der Waals surface area contributed by atoms with Crippen molar-refractivity contribution < 1.29 is 0 Å². The lowest BCUT2D eigenvalue weighted by atomic mass is 10.2. The molecule has 1 aromatic carbocycles. The second kappa shape index (κ2) is 4.70. The summed E-state index contributed by atoms with van der Waals surface area (Å²) in [7, 11) is 0. The van der Waals surface area contributed by atoms with E-state index in [1.807, 2.05) is 11.4 Å². The average molecular weight is 353 g/mol. The molecule has 104 valence electrons. The van der Waals surface area contributed by atoms with Gasteiger partial charge >= 0.3 is 0 Å². The molecule has 0 saturated carbocycles. The van der Waals surface area contributed by atoms with Crippen molar-refractivity contribution in [2.24, 2.45) is 0 Å². The Bertz CT molecular complexity index is 1110. The number of benzene rings is 1. The Morgan fingerprint density at radius 2 is 2.14 bits per heavy atom. The zero-order chi connectivity index (χ0) is 14.6. The number of aromatic nitrogens is 4. The van der Waals surface area contributed by atoms with Crippen LogP contribution in [0.25, 0.3) is 26.9 Å². The number of thiophene rings is 1. The molecule has 4 aromatic rings. The van der Waals surface area contributed by atoms with Crippen LogP contribution in [0.1, 0.15) is 0 Å². The monoisotopic (exact) mass is 352 g/mol. The summed E-state index contributed by atoms with van der Waals surface area (Å²) >= 11 is 14.0. The van der Waals surface area contributed by atoms with Crippen LogP contribution in [0.3, 0.4) is 0 Å². The first kappa shape index (κ1) is 13.1. The Labute approximate surface area is 135 Å². The molecule has 1 N–H and O–H groups in total. The summed E-state index contributed by atoms with van der Waals surface area (Å²) in [6.45, 7) is 0. The molecule has 0 radical (unpaired) electrons. The lowest BCUT2D eigenvalue weighted by molar-refractivity contribution is 0.950. The molecule has 0 fully saturated rings. The minimum atomic E-state index is -0.203. The Morgan fingerprint density at radius 3 is 3.00 bits per heavy atom. The molecule has 0 spiro atoms. The van der Waals surface area contributed by atoms with Gasteiger partial charge in [0.15, 0.2) is 4.77 Å². The number of rotatable bonds is 1. The zero-order valence-corrected chi connectivity index (χ0v) is 13.4. The second-order valence-corrected chi connectivity index (χ2v) is 6.50. The van der Waals surface area contributed by atoms with Crippen molar-refractivity contribution in [2.45, 2.75) is 0 Å². The summed E-state index contributed by atoms with van der Waals surface area (Å²) in [6, 6.07) is 5.29. The smallest absolute Gasteiger partial charge is 0.276 e. The van der Waals surface area contributed by atoms with Gasteiger partial charge in [-0.05, 0) is 35.8 Å². The third kappa shape index (κ3) is 1.87. The van der Waals surface area contributed by atoms with E-state index < -0.39 is 0 Å². The molecule has 0 aliphatic carbocycles. The molecule has 0 atom stereocenters. The van der Waals surface area contributed by atoms with Crippen molar-refractivity contribution in [3.05, 3.63) is 43.7 Å². The predicted octanol–water partition coefficient (Wildman–Crippen LogP) is 3.77. The Balaban J connectivity index is 2.24. The fourth-order valence-corrected chi connectivity index (χ4v) is 4.00. The molecule has 0 aliphatic heterocycles. The van der Waals surface area contributed by atoms with E-state index in [1.165, 1.54) is 15.9 Å². The average Bonchev–Trinajstić information content (AvgIpc) is 3.09. The Morgan fingerprint density at radius 1 is 1.29 bits per heavy atom. The van der Waals surface area contributed by atoms with Gasteiger partial charge in [-0.2, -0.15) is 8.75 Å². The van der Waals surface area contributed by atoms with Crippen LogP contribution in [0.2, 0.25) is 5.02 Å². The van der Waals surface area contributed by atoms with Gasteiger partial charge in [-0.25, -0.2) is 4.57 Å². The molecule has 0 saturated heterocycles. The summed E-state index contributed by atoms with van der Waals surface area (Å²) in [5.74, 6) is 0. The minimum absolute atomic E-state index is 0.203. The van der Waals surface area contributed by atoms with E-state index in [1.54, 1.807) is 12.1 Å². The third-order valence-electron chi connectivity index (χ3n) is 3.08. The van der Waals surface area contributed by atoms with Gasteiger partial charge in [0.25, 0.3) is 5.56 Å². The second-order valence-electron chi connectivity index (χ2n) is 4.26. The maximum Gasteiger partial charge on any atom is 0.276 e. The van der Waals surface area contributed by atoms with Crippen molar-refractivity contribution in [1.29, 1.82) is 0 Å². The fraction of sp³-hybridized carbons (Fsp3) is 0. The summed E-state index contributed by atoms with van der Waals surface area (Å²) in [6.07, 6.45) is 0. The molecule has 21 heavy (non-hydrogen) atoms. The molecule has 5 nitrogen and oxygen atoms in total. The van der Waals surface area contributed by atoms with Crippen molar-refractivity contribution in [3.8, 4) is 5.69 Å². The molecule has 4 rings (SSSR count). The number of hydrogen-bond donors (Lipinski definition) is 1. The number of nitrogens with zero attached hydrogens (tertiary/aromatic N) is 3. The van der Waals surface area contributed by atoms with Gasteiger partial charge in [0, 0.05) is 0 Å². The van der Waals surface area contributed by atoms with Gasteiger partial charge in [-0.15, -0.1) is 11.3 Å². The minimum Gasteiger partial charge on any atom is -0.331 e. The molecular formula is C12H5ClN4OS3. The molecule has 0 amide bonds. The highest BCUT2D eigenvalue weighted by Gasteiger charge is 2.16. The number of hydrogen-bond acceptors (Lipinski definition) is 6. The first-order valence-electron chi connectivity index (χ1n) is 5.80. The van der Waals surface area contributed by atoms with Crippen LogP contribution in [-0.4, -0.2) is 18.3 Å². The quantitative estimate of drug-likeness (QED) is 0.530. The molecule has 0 bridgehead atoms. The van der Waals surface area contributed by atoms with Gasteiger partial charge in [0.1, 0.15) is 15.7 Å². The zero-order valence-electron chi connectivity index (χ0n) is 10.2. The van der Waals surface area contributed by atoms with E-state index in [9.17, 15) is 4.79 Å². The van der Waals surface area contributed by atoms with Crippen molar-refractivity contribution in [3.63, 3.8) is 0 Å². The van der Waals surface area contributed by atoms with Crippen LogP contribution in [0.4, 0.5) is 0 Å². The largest absolute Gasteiger partial charge is 0.331 e. The Kier molecular flexibility index (Phi) is 2.93. The SMILES string of the molecule is O=c1c2sccc2[nH]c(=S)n1-c1c(Cl)ccc2nsnc12. The lowest BCUT2D eigenvalue weighted by Crippen LogP contribution is -2.20. The topological polar surface area (TPSA) is 63.6 Å². The number of H-pyrrole nitrogens is 1. The van der Waals surface area contributed by atoms with Gasteiger partial charge in [-0.1, -0.05) is 11.6 Å².